The number of hydrogen-bond donors (Lipinski definition) is 1. The van der Waals surface area contributed by atoms with Crippen LogP contribution in [0.1, 0.15) is 52.1 Å². The van der Waals surface area contributed by atoms with Crippen molar-refractivity contribution in [3.8, 4) is 0 Å². The summed E-state index contributed by atoms with van der Waals surface area (Å²) in [6.45, 7) is 12.9. The quantitative estimate of drug-likeness (QED) is 0.848. The number of piperazine rings is 1. The highest BCUT2D eigenvalue weighted by atomic mass is 15.2. The molecule has 118 valence electrons. The van der Waals surface area contributed by atoms with Gasteiger partial charge in [0.2, 0.25) is 0 Å². The normalized spacial score (nSPS) is 26.5. The fourth-order valence-corrected chi connectivity index (χ4v) is 3.31. The Hall–Kier alpha value is -0.860. The third-order valence-electron chi connectivity index (χ3n) is 5.21. The predicted octanol–water partition coefficient (Wildman–Crippen LogP) is 4.09. The molecule has 1 heterocycles. The molecule has 1 aliphatic heterocycles. The number of rotatable bonds is 6. The highest BCUT2D eigenvalue weighted by molar-refractivity contribution is 5.20. The van der Waals surface area contributed by atoms with Gasteiger partial charge in [-0.15, -0.1) is 0 Å². The molecule has 0 aromatic heterocycles. The van der Waals surface area contributed by atoms with Crippen molar-refractivity contribution in [3.05, 3.63) is 35.9 Å². The lowest BCUT2D eigenvalue weighted by atomic mass is 9.91. The largest absolute Gasteiger partial charge is 0.307 e. The maximum absolute atomic E-state index is 3.78. The summed E-state index contributed by atoms with van der Waals surface area (Å²) in [7, 11) is 0. The van der Waals surface area contributed by atoms with Crippen LogP contribution in [0.15, 0.2) is 30.3 Å². The standard InChI is InChI=1S/C19H32N2/c1-5-15(3)13-21-14-18(17-10-8-7-9-11-17)20-12-19(21)16(4)6-2/h7-11,15-16,18-20H,5-6,12-14H2,1-4H3. The Bertz CT molecular complexity index is 403. The van der Waals surface area contributed by atoms with Crippen LogP contribution < -0.4 is 5.32 Å². The summed E-state index contributed by atoms with van der Waals surface area (Å²) in [5.74, 6) is 1.55. The summed E-state index contributed by atoms with van der Waals surface area (Å²) in [6.07, 6.45) is 2.53. The van der Waals surface area contributed by atoms with Gasteiger partial charge in [0, 0.05) is 31.7 Å². The zero-order valence-electron chi connectivity index (χ0n) is 14.2. The van der Waals surface area contributed by atoms with Crippen molar-refractivity contribution in [1.29, 1.82) is 0 Å². The van der Waals surface area contributed by atoms with Crippen LogP contribution >= 0.6 is 0 Å². The predicted molar refractivity (Wildman–Crippen MR) is 91.5 cm³/mol. The summed E-state index contributed by atoms with van der Waals surface area (Å²) >= 11 is 0. The first-order chi connectivity index (χ1) is 10.2. The van der Waals surface area contributed by atoms with Crippen LogP contribution in [0.3, 0.4) is 0 Å². The summed E-state index contributed by atoms with van der Waals surface area (Å²) in [5, 5.41) is 3.78. The smallest absolute Gasteiger partial charge is 0.0449 e. The molecule has 2 nitrogen and oxygen atoms in total. The third kappa shape index (κ3) is 4.31. The molecular weight excluding hydrogens is 256 g/mol. The number of hydrogen-bond acceptors (Lipinski definition) is 2. The van der Waals surface area contributed by atoms with Gasteiger partial charge in [-0.2, -0.15) is 0 Å². The van der Waals surface area contributed by atoms with Gasteiger partial charge in [0.25, 0.3) is 0 Å². The van der Waals surface area contributed by atoms with E-state index in [-0.39, 0.29) is 0 Å². The van der Waals surface area contributed by atoms with Gasteiger partial charge in [0.1, 0.15) is 0 Å². The molecule has 0 aliphatic carbocycles. The molecule has 4 atom stereocenters. The molecule has 1 N–H and O–H groups in total. The van der Waals surface area contributed by atoms with Crippen LogP contribution in [0.4, 0.5) is 0 Å². The van der Waals surface area contributed by atoms with E-state index in [4.69, 9.17) is 0 Å². The lowest BCUT2D eigenvalue weighted by Crippen LogP contribution is -2.56. The minimum atomic E-state index is 0.482. The van der Waals surface area contributed by atoms with Gasteiger partial charge in [-0.3, -0.25) is 4.90 Å². The summed E-state index contributed by atoms with van der Waals surface area (Å²) in [6, 6.07) is 12.1. The summed E-state index contributed by atoms with van der Waals surface area (Å²) in [5.41, 5.74) is 1.43. The van der Waals surface area contributed by atoms with Crippen LogP contribution in [0.5, 0.6) is 0 Å². The lowest BCUT2D eigenvalue weighted by Gasteiger charge is -2.44. The van der Waals surface area contributed by atoms with Crippen LogP contribution in [0, 0.1) is 11.8 Å². The third-order valence-corrected chi connectivity index (χ3v) is 5.21. The van der Waals surface area contributed by atoms with Crippen molar-refractivity contribution >= 4 is 0 Å². The van der Waals surface area contributed by atoms with Crippen molar-refractivity contribution in [2.45, 2.75) is 52.6 Å². The van der Waals surface area contributed by atoms with Gasteiger partial charge in [0.15, 0.2) is 0 Å². The number of benzene rings is 1. The molecule has 2 rings (SSSR count). The van der Waals surface area contributed by atoms with E-state index in [1.165, 1.54) is 24.9 Å². The number of nitrogens with one attached hydrogen (secondary N) is 1. The fraction of sp³-hybridized carbons (Fsp3) is 0.684. The van der Waals surface area contributed by atoms with E-state index in [1.54, 1.807) is 0 Å². The first kappa shape index (κ1) is 16.5. The van der Waals surface area contributed by atoms with E-state index < -0.39 is 0 Å². The molecule has 1 aromatic rings. The van der Waals surface area contributed by atoms with Crippen LogP contribution in [0.25, 0.3) is 0 Å². The molecule has 0 saturated carbocycles. The lowest BCUT2D eigenvalue weighted by molar-refractivity contribution is 0.0769. The number of nitrogens with zero attached hydrogens (tertiary/aromatic N) is 1. The van der Waals surface area contributed by atoms with E-state index in [9.17, 15) is 0 Å². The van der Waals surface area contributed by atoms with E-state index in [0.717, 1.165) is 24.9 Å². The molecule has 1 aliphatic rings. The minimum Gasteiger partial charge on any atom is -0.307 e. The molecule has 1 saturated heterocycles. The van der Waals surface area contributed by atoms with Crippen molar-refractivity contribution in [1.82, 2.24) is 10.2 Å². The van der Waals surface area contributed by atoms with Crippen LogP contribution in [-0.2, 0) is 0 Å². The Kier molecular flexibility index (Phi) is 6.25. The molecule has 2 heteroatoms. The second-order valence-corrected chi connectivity index (χ2v) is 6.79. The van der Waals surface area contributed by atoms with Crippen molar-refractivity contribution < 1.29 is 0 Å². The van der Waals surface area contributed by atoms with Gasteiger partial charge in [-0.05, 0) is 17.4 Å². The second kappa shape index (κ2) is 7.95. The van der Waals surface area contributed by atoms with Gasteiger partial charge in [0.05, 0.1) is 0 Å². The van der Waals surface area contributed by atoms with Crippen molar-refractivity contribution in [2.24, 2.45) is 11.8 Å². The molecule has 0 radical (unpaired) electrons. The highest BCUT2D eigenvalue weighted by Crippen LogP contribution is 2.25. The van der Waals surface area contributed by atoms with Crippen molar-refractivity contribution in [3.63, 3.8) is 0 Å². The molecule has 1 aromatic carbocycles. The maximum Gasteiger partial charge on any atom is 0.0449 e. The first-order valence-electron chi connectivity index (χ1n) is 8.68. The Balaban J connectivity index is 2.08. The minimum absolute atomic E-state index is 0.482. The van der Waals surface area contributed by atoms with Crippen LogP contribution in [0.2, 0.25) is 0 Å². The first-order valence-corrected chi connectivity index (χ1v) is 8.68. The Morgan fingerprint density at radius 3 is 2.48 bits per heavy atom. The summed E-state index contributed by atoms with van der Waals surface area (Å²) < 4.78 is 0. The van der Waals surface area contributed by atoms with Gasteiger partial charge in [-0.1, -0.05) is 70.9 Å². The molecule has 0 bridgehead atoms. The maximum atomic E-state index is 3.78. The average molecular weight is 288 g/mol. The molecule has 21 heavy (non-hydrogen) atoms. The average Bonchev–Trinajstić information content (AvgIpc) is 2.54. The zero-order chi connectivity index (χ0) is 15.2. The van der Waals surface area contributed by atoms with Crippen molar-refractivity contribution in [2.75, 3.05) is 19.6 Å². The van der Waals surface area contributed by atoms with Gasteiger partial charge in [-0.25, -0.2) is 0 Å². The zero-order valence-corrected chi connectivity index (χ0v) is 14.2. The Morgan fingerprint density at radius 1 is 1.14 bits per heavy atom. The monoisotopic (exact) mass is 288 g/mol. The second-order valence-electron chi connectivity index (χ2n) is 6.79. The van der Waals surface area contributed by atoms with Gasteiger partial charge < -0.3 is 5.32 Å². The molecule has 0 amide bonds. The Morgan fingerprint density at radius 2 is 1.86 bits per heavy atom. The molecule has 0 spiro atoms. The Labute approximate surface area is 130 Å². The highest BCUT2D eigenvalue weighted by Gasteiger charge is 2.31. The SMILES string of the molecule is CCC(C)CN1CC(c2ccccc2)NCC1C(C)CC. The topological polar surface area (TPSA) is 15.3 Å². The molecule has 4 unspecified atom stereocenters. The summed E-state index contributed by atoms with van der Waals surface area (Å²) in [4.78, 5) is 2.75. The van der Waals surface area contributed by atoms with E-state index in [1.807, 2.05) is 0 Å². The van der Waals surface area contributed by atoms with Gasteiger partial charge >= 0.3 is 0 Å². The fourth-order valence-electron chi connectivity index (χ4n) is 3.31. The molecular formula is C19H32N2. The molecule has 1 fully saturated rings. The van der Waals surface area contributed by atoms with E-state index >= 15 is 0 Å². The van der Waals surface area contributed by atoms with E-state index in [2.05, 4.69) is 68.2 Å². The van der Waals surface area contributed by atoms with E-state index in [0.29, 0.717) is 12.1 Å². The van der Waals surface area contributed by atoms with Crippen LogP contribution in [-0.4, -0.2) is 30.6 Å².